The molecule has 0 N–H and O–H groups in total. The van der Waals surface area contributed by atoms with Crippen LogP contribution in [-0.4, -0.2) is 12.6 Å². The van der Waals surface area contributed by atoms with Gasteiger partial charge < -0.3 is 4.74 Å². The van der Waals surface area contributed by atoms with Crippen molar-refractivity contribution in [2.24, 2.45) is 0 Å². The van der Waals surface area contributed by atoms with E-state index in [1.54, 1.807) is 6.07 Å². The van der Waals surface area contributed by atoms with Crippen LogP contribution in [0.3, 0.4) is 0 Å². The number of hydrogen-bond donors (Lipinski definition) is 0. The number of halogens is 1. The van der Waals surface area contributed by atoms with E-state index in [9.17, 15) is 4.79 Å². The number of hydrogen-bond acceptors (Lipinski definition) is 2. The zero-order valence-electron chi connectivity index (χ0n) is 8.34. The maximum Gasteiger partial charge on any atom is 0.338 e. The Morgan fingerprint density at radius 1 is 1.50 bits per heavy atom. The van der Waals surface area contributed by atoms with E-state index in [0.29, 0.717) is 17.5 Å². The number of benzene rings is 1. The van der Waals surface area contributed by atoms with Crippen molar-refractivity contribution in [2.75, 3.05) is 6.61 Å². The van der Waals surface area contributed by atoms with E-state index >= 15 is 0 Å². The van der Waals surface area contributed by atoms with Crippen LogP contribution in [0.5, 0.6) is 0 Å². The van der Waals surface area contributed by atoms with Crippen LogP contribution in [0, 0.1) is 6.92 Å². The van der Waals surface area contributed by atoms with Crippen LogP contribution in [0.15, 0.2) is 18.2 Å². The van der Waals surface area contributed by atoms with E-state index in [1.807, 2.05) is 26.0 Å². The normalized spacial score (nSPS) is 9.93. The van der Waals surface area contributed by atoms with Crippen LogP contribution in [0.25, 0.3) is 0 Å². The Hall–Kier alpha value is -0.830. The molecule has 2 nitrogen and oxygen atoms in total. The second kappa shape index (κ2) is 5.15. The second-order valence-electron chi connectivity index (χ2n) is 2.96. The van der Waals surface area contributed by atoms with Gasteiger partial charge in [0.2, 0.25) is 0 Å². The molecule has 0 amide bonds. The average molecular weight is 257 g/mol. The minimum absolute atomic E-state index is 0.245. The molecule has 0 spiro atoms. The highest BCUT2D eigenvalue weighted by molar-refractivity contribution is 9.08. The Morgan fingerprint density at radius 2 is 2.21 bits per heavy atom. The van der Waals surface area contributed by atoms with Crippen molar-refractivity contribution in [3.05, 3.63) is 34.9 Å². The summed E-state index contributed by atoms with van der Waals surface area (Å²) in [6.45, 7) is 4.20. The summed E-state index contributed by atoms with van der Waals surface area (Å²) in [7, 11) is 0. The SMILES string of the molecule is CCOC(=O)c1cccc(C)c1CBr. The lowest BCUT2D eigenvalue weighted by Gasteiger charge is -2.08. The van der Waals surface area contributed by atoms with Crippen LogP contribution < -0.4 is 0 Å². The predicted molar refractivity (Wildman–Crippen MR) is 59.8 cm³/mol. The second-order valence-corrected chi connectivity index (χ2v) is 3.52. The number of carbonyl (C=O) groups excluding carboxylic acids is 1. The van der Waals surface area contributed by atoms with E-state index in [1.165, 1.54) is 0 Å². The summed E-state index contributed by atoms with van der Waals surface area (Å²) in [6, 6.07) is 5.65. The summed E-state index contributed by atoms with van der Waals surface area (Å²) in [5, 5.41) is 0.674. The zero-order chi connectivity index (χ0) is 10.6. The number of rotatable bonds is 3. The molecule has 0 aliphatic rings. The third-order valence-electron chi connectivity index (χ3n) is 2.04. The highest BCUT2D eigenvalue weighted by atomic mass is 79.9. The maximum atomic E-state index is 11.5. The number of ether oxygens (including phenoxy) is 1. The van der Waals surface area contributed by atoms with Gasteiger partial charge in [0.15, 0.2) is 0 Å². The van der Waals surface area contributed by atoms with Gasteiger partial charge in [-0.05, 0) is 31.0 Å². The molecule has 0 aromatic heterocycles. The van der Waals surface area contributed by atoms with Gasteiger partial charge in [-0.1, -0.05) is 28.1 Å². The van der Waals surface area contributed by atoms with Gasteiger partial charge >= 0.3 is 5.97 Å². The number of esters is 1. The first kappa shape index (κ1) is 11.2. The van der Waals surface area contributed by atoms with Crippen molar-refractivity contribution >= 4 is 21.9 Å². The molecule has 0 atom stereocenters. The Bertz CT molecular complexity index is 334. The fourth-order valence-corrected chi connectivity index (χ4v) is 2.02. The van der Waals surface area contributed by atoms with Crippen molar-refractivity contribution in [1.29, 1.82) is 0 Å². The first-order valence-electron chi connectivity index (χ1n) is 4.52. The number of carbonyl (C=O) groups is 1. The molecule has 0 saturated heterocycles. The molecule has 0 radical (unpaired) electrons. The predicted octanol–water partition coefficient (Wildman–Crippen LogP) is 3.07. The largest absolute Gasteiger partial charge is 0.462 e. The molecule has 0 aliphatic carbocycles. The summed E-state index contributed by atoms with van der Waals surface area (Å²) in [5.74, 6) is -0.245. The molecular weight excluding hydrogens is 244 g/mol. The highest BCUT2D eigenvalue weighted by Crippen LogP contribution is 2.18. The monoisotopic (exact) mass is 256 g/mol. The quantitative estimate of drug-likeness (QED) is 0.614. The van der Waals surface area contributed by atoms with Crippen LogP contribution in [0.1, 0.15) is 28.4 Å². The van der Waals surface area contributed by atoms with Crippen LogP contribution in [0.4, 0.5) is 0 Å². The Morgan fingerprint density at radius 3 is 2.79 bits per heavy atom. The Balaban J connectivity index is 3.07. The molecule has 1 aromatic carbocycles. The standard InChI is InChI=1S/C11H13BrO2/c1-3-14-11(13)9-6-4-5-8(2)10(9)7-12/h4-6H,3,7H2,1-2H3. The van der Waals surface area contributed by atoms with Gasteiger partial charge in [0.05, 0.1) is 12.2 Å². The molecular formula is C11H13BrO2. The Labute approximate surface area is 92.4 Å². The summed E-state index contributed by atoms with van der Waals surface area (Å²) in [4.78, 5) is 11.5. The molecule has 1 aromatic rings. The lowest BCUT2D eigenvalue weighted by Crippen LogP contribution is -2.08. The third-order valence-corrected chi connectivity index (χ3v) is 2.60. The molecule has 0 aliphatic heterocycles. The molecule has 0 unspecified atom stereocenters. The van der Waals surface area contributed by atoms with Gasteiger partial charge in [-0.25, -0.2) is 4.79 Å². The van der Waals surface area contributed by atoms with Crippen molar-refractivity contribution in [1.82, 2.24) is 0 Å². The van der Waals surface area contributed by atoms with Gasteiger partial charge in [-0.2, -0.15) is 0 Å². The van der Waals surface area contributed by atoms with E-state index < -0.39 is 0 Å². The highest BCUT2D eigenvalue weighted by Gasteiger charge is 2.12. The fraction of sp³-hybridized carbons (Fsp3) is 0.364. The first-order chi connectivity index (χ1) is 6.70. The van der Waals surface area contributed by atoms with Crippen LogP contribution in [0.2, 0.25) is 0 Å². The van der Waals surface area contributed by atoms with Crippen molar-refractivity contribution < 1.29 is 9.53 Å². The number of alkyl halides is 1. The zero-order valence-corrected chi connectivity index (χ0v) is 9.93. The average Bonchev–Trinajstić information content (AvgIpc) is 2.17. The molecule has 76 valence electrons. The van der Waals surface area contributed by atoms with E-state index in [-0.39, 0.29) is 5.97 Å². The topological polar surface area (TPSA) is 26.3 Å². The van der Waals surface area contributed by atoms with E-state index in [0.717, 1.165) is 11.1 Å². The van der Waals surface area contributed by atoms with Gasteiger partial charge in [0.1, 0.15) is 0 Å². The third kappa shape index (κ3) is 2.35. The fourth-order valence-electron chi connectivity index (χ4n) is 1.28. The summed E-state index contributed by atoms with van der Waals surface area (Å²) >= 11 is 3.37. The van der Waals surface area contributed by atoms with Gasteiger partial charge in [-0.15, -0.1) is 0 Å². The molecule has 3 heteroatoms. The van der Waals surface area contributed by atoms with E-state index in [2.05, 4.69) is 15.9 Å². The van der Waals surface area contributed by atoms with Gasteiger partial charge in [0, 0.05) is 5.33 Å². The molecule has 0 heterocycles. The number of aryl methyl sites for hydroxylation is 1. The maximum absolute atomic E-state index is 11.5. The molecule has 0 saturated carbocycles. The summed E-state index contributed by atoms with van der Waals surface area (Å²) in [6.07, 6.45) is 0. The van der Waals surface area contributed by atoms with Crippen LogP contribution in [-0.2, 0) is 10.1 Å². The van der Waals surface area contributed by atoms with Gasteiger partial charge in [0.25, 0.3) is 0 Å². The molecule has 1 rings (SSSR count). The molecule has 14 heavy (non-hydrogen) atoms. The van der Waals surface area contributed by atoms with Gasteiger partial charge in [-0.3, -0.25) is 0 Å². The Kier molecular flexibility index (Phi) is 4.14. The van der Waals surface area contributed by atoms with Crippen molar-refractivity contribution in [3.63, 3.8) is 0 Å². The minimum Gasteiger partial charge on any atom is -0.462 e. The summed E-state index contributed by atoms with van der Waals surface area (Å²) in [5.41, 5.74) is 2.77. The van der Waals surface area contributed by atoms with Crippen molar-refractivity contribution in [3.8, 4) is 0 Å². The minimum atomic E-state index is -0.245. The first-order valence-corrected chi connectivity index (χ1v) is 5.64. The molecule has 0 fully saturated rings. The lowest BCUT2D eigenvalue weighted by molar-refractivity contribution is 0.0525. The smallest absolute Gasteiger partial charge is 0.338 e. The van der Waals surface area contributed by atoms with Crippen LogP contribution >= 0.6 is 15.9 Å². The molecule has 0 bridgehead atoms. The lowest BCUT2D eigenvalue weighted by atomic mass is 10.0. The van der Waals surface area contributed by atoms with Crippen molar-refractivity contribution in [2.45, 2.75) is 19.2 Å². The van der Waals surface area contributed by atoms with E-state index in [4.69, 9.17) is 4.74 Å². The summed E-state index contributed by atoms with van der Waals surface area (Å²) < 4.78 is 4.97.